The summed E-state index contributed by atoms with van der Waals surface area (Å²) in [6, 6.07) is 3.16. The lowest BCUT2D eigenvalue weighted by Crippen LogP contribution is -2.14. The molecule has 1 aromatic carbocycles. The SMILES string of the molecule is CN(C)CCCc1c(N)ccc(N)c1F.Cl. The molecule has 0 radical (unpaired) electrons. The summed E-state index contributed by atoms with van der Waals surface area (Å²) in [7, 11) is 3.97. The molecular weight excluding hydrogens is 229 g/mol. The smallest absolute Gasteiger partial charge is 0.151 e. The molecule has 0 aliphatic carbocycles. The van der Waals surface area contributed by atoms with Gasteiger partial charge in [-0.15, -0.1) is 12.4 Å². The van der Waals surface area contributed by atoms with Gasteiger partial charge in [-0.2, -0.15) is 0 Å². The van der Waals surface area contributed by atoms with E-state index < -0.39 is 0 Å². The number of hydrogen-bond donors (Lipinski definition) is 2. The highest BCUT2D eigenvalue weighted by atomic mass is 35.5. The lowest BCUT2D eigenvalue weighted by molar-refractivity contribution is 0.399. The van der Waals surface area contributed by atoms with E-state index in [0.717, 1.165) is 13.0 Å². The van der Waals surface area contributed by atoms with Gasteiger partial charge in [-0.25, -0.2) is 4.39 Å². The topological polar surface area (TPSA) is 55.3 Å². The standard InChI is InChI=1S/C11H18FN3.ClH/c1-15(2)7-3-4-8-9(13)5-6-10(14)11(8)12;/h5-6H,3-4,7,13-14H2,1-2H3;1H. The fourth-order valence-electron chi connectivity index (χ4n) is 1.48. The number of nitrogens with two attached hydrogens (primary N) is 2. The Morgan fingerprint density at radius 2 is 1.75 bits per heavy atom. The Morgan fingerprint density at radius 3 is 2.31 bits per heavy atom. The van der Waals surface area contributed by atoms with Crippen molar-refractivity contribution in [3.63, 3.8) is 0 Å². The number of anilines is 2. The van der Waals surface area contributed by atoms with Crippen LogP contribution in [-0.4, -0.2) is 25.5 Å². The van der Waals surface area contributed by atoms with Crippen molar-refractivity contribution >= 4 is 23.8 Å². The molecule has 0 heterocycles. The molecule has 16 heavy (non-hydrogen) atoms. The maximum atomic E-state index is 13.6. The van der Waals surface area contributed by atoms with Crippen molar-refractivity contribution in [1.82, 2.24) is 4.90 Å². The van der Waals surface area contributed by atoms with E-state index in [1.807, 2.05) is 14.1 Å². The molecule has 1 aromatic rings. The summed E-state index contributed by atoms with van der Waals surface area (Å²) >= 11 is 0. The second-order valence-electron chi connectivity index (χ2n) is 3.94. The summed E-state index contributed by atoms with van der Waals surface area (Å²) in [5.74, 6) is -0.367. The van der Waals surface area contributed by atoms with E-state index in [1.165, 1.54) is 6.07 Å². The van der Waals surface area contributed by atoms with Gasteiger partial charge in [0.05, 0.1) is 5.69 Å². The Hall–Kier alpha value is -1.00. The van der Waals surface area contributed by atoms with Crippen LogP contribution < -0.4 is 11.5 Å². The van der Waals surface area contributed by atoms with E-state index in [1.54, 1.807) is 6.07 Å². The number of rotatable bonds is 4. The number of nitrogen functional groups attached to an aromatic ring is 2. The van der Waals surface area contributed by atoms with Gasteiger partial charge >= 0.3 is 0 Å². The second-order valence-corrected chi connectivity index (χ2v) is 3.94. The lowest BCUT2D eigenvalue weighted by Gasteiger charge is -2.11. The summed E-state index contributed by atoms with van der Waals surface area (Å²) < 4.78 is 13.6. The molecule has 0 unspecified atom stereocenters. The van der Waals surface area contributed by atoms with Gasteiger partial charge in [0.15, 0.2) is 5.82 Å². The van der Waals surface area contributed by atoms with Gasteiger partial charge in [-0.3, -0.25) is 0 Å². The van der Waals surface area contributed by atoms with Gasteiger partial charge < -0.3 is 16.4 Å². The quantitative estimate of drug-likeness (QED) is 0.800. The zero-order chi connectivity index (χ0) is 11.4. The molecule has 0 fully saturated rings. The first-order valence-electron chi connectivity index (χ1n) is 4.99. The van der Waals surface area contributed by atoms with Gasteiger partial charge in [-0.05, 0) is 45.6 Å². The van der Waals surface area contributed by atoms with E-state index in [0.29, 0.717) is 17.7 Å². The molecule has 1 rings (SSSR count). The summed E-state index contributed by atoms with van der Waals surface area (Å²) in [4.78, 5) is 2.06. The molecule has 0 atom stereocenters. The van der Waals surface area contributed by atoms with Crippen LogP contribution in [-0.2, 0) is 6.42 Å². The zero-order valence-corrected chi connectivity index (χ0v) is 10.5. The maximum absolute atomic E-state index is 13.6. The van der Waals surface area contributed by atoms with Crippen molar-refractivity contribution in [1.29, 1.82) is 0 Å². The van der Waals surface area contributed by atoms with E-state index in [2.05, 4.69) is 4.90 Å². The fourth-order valence-corrected chi connectivity index (χ4v) is 1.48. The van der Waals surface area contributed by atoms with E-state index in [9.17, 15) is 4.39 Å². The molecule has 3 nitrogen and oxygen atoms in total. The highest BCUT2D eigenvalue weighted by Crippen LogP contribution is 2.22. The summed E-state index contributed by atoms with van der Waals surface area (Å²) in [6.07, 6.45) is 1.50. The second kappa shape index (κ2) is 6.55. The normalized spacial score (nSPS) is 10.2. The minimum atomic E-state index is -0.367. The van der Waals surface area contributed by atoms with Gasteiger partial charge in [0.1, 0.15) is 0 Å². The third-order valence-corrected chi connectivity index (χ3v) is 2.34. The Labute approximate surface area is 102 Å². The molecule has 0 saturated heterocycles. The predicted molar refractivity (Wildman–Crippen MR) is 69.3 cm³/mol. The molecule has 0 aliphatic rings. The third kappa shape index (κ3) is 3.87. The van der Waals surface area contributed by atoms with E-state index in [-0.39, 0.29) is 23.9 Å². The first-order chi connectivity index (χ1) is 7.02. The van der Waals surface area contributed by atoms with Crippen LogP contribution in [0.25, 0.3) is 0 Å². The highest BCUT2D eigenvalue weighted by molar-refractivity contribution is 5.85. The molecular formula is C11H19ClFN3. The van der Waals surface area contributed by atoms with Crippen LogP contribution in [0.15, 0.2) is 12.1 Å². The minimum Gasteiger partial charge on any atom is -0.398 e. The van der Waals surface area contributed by atoms with Crippen LogP contribution in [0.4, 0.5) is 15.8 Å². The zero-order valence-electron chi connectivity index (χ0n) is 9.66. The Balaban J connectivity index is 0.00000225. The van der Waals surface area contributed by atoms with Crippen LogP contribution in [0.2, 0.25) is 0 Å². The third-order valence-electron chi connectivity index (χ3n) is 2.34. The van der Waals surface area contributed by atoms with Crippen molar-refractivity contribution in [3.8, 4) is 0 Å². The Morgan fingerprint density at radius 1 is 1.19 bits per heavy atom. The first kappa shape index (κ1) is 15.0. The van der Waals surface area contributed by atoms with Crippen molar-refractivity contribution < 1.29 is 4.39 Å². The van der Waals surface area contributed by atoms with Crippen molar-refractivity contribution in [2.24, 2.45) is 0 Å². The molecule has 0 aliphatic heterocycles. The van der Waals surface area contributed by atoms with Gasteiger partial charge in [0.2, 0.25) is 0 Å². The predicted octanol–water partition coefficient (Wildman–Crippen LogP) is 1.91. The van der Waals surface area contributed by atoms with Gasteiger partial charge in [0, 0.05) is 11.3 Å². The molecule has 0 spiro atoms. The average Bonchev–Trinajstić information content (AvgIpc) is 2.17. The molecule has 0 aromatic heterocycles. The molecule has 0 amide bonds. The Kier molecular flexibility index (Phi) is 6.14. The molecule has 92 valence electrons. The van der Waals surface area contributed by atoms with Gasteiger partial charge in [-0.1, -0.05) is 0 Å². The van der Waals surface area contributed by atoms with Crippen LogP contribution in [0.3, 0.4) is 0 Å². The molecule has 4 N–H and O–H groups in total. The first-order valence-corrected chi connectivity index (χ1v) is 4.99. The van der Waals surface area contributed by atoms with E-state index in [4.69, 9.17) is 11.5 Å². The molecule has 0 saturated carbocycles. The number of halogens is 2. The summed E-state index contributed by atoms with van der Waals surface area (Å²) in [5, 5.41) is 0. The fraction of sp³-hybridized carbons (Fsp3) is 0.455. The minimum absolute atomic E-state index is 0. The van der Waals surface area contributed by atoms with Crippen molar-refractivity contribution in [3.05, 3.63) is 23.5 Å². The van der Waals surface area contributed by atoms with Crippen LogP contribution >= 0.6 is 12.4 Å². The maximum Gasteiger partial charge on any atom is 0.151 e. The molecule has 0 bridgehead atoms. The highest BCUT2D eigenvalue weighted by Gasteiger charge is 2.09. The Bertz CT molecular complexity index is 342. The molecule has 5 heteroatoms. The summed E-state index contributed by atoms with van der Waals surface area (Å²) in [5.41, 5.74) is 12.4. The van der Waals surface area contributed by atoms with Gasteiger partial charge in [0.25, 0.3) is 0 Å². The van der Waals surface area contributed by atoms with Crippen molar-refractivity contribution in [2.45, 2.75) is 12.8 Å². The average molecular weight is 248 g/mol. The largest absolute Gasteiger partial charge is 0.398 e. The van der Waals surface area contributed by atoms with Crippen molar-refractivity contribution in [2.75, 3.05) is 32.1 Å². The van der Waals surface area contributed by atoms with E-state index >= 15 is 0 Å². The number of nitrogens with zero attached hydrogens (tertiary/aromatic N) is 1. The van der Waals surface area contributed by atoms with Crippen LogP contribution in [0.1, 0.15) is 12.0 Å². The lowest BCUT2D eigenvalue weighted by atomic mass is 10.1. The number of hydrogen-bond acceptors (Lipinski definition) is 3. The number of benzene rings is 1. The summed E-state index contributed by atoms with van der Waals surface area (Å²) in [6.45, 7) is 0.910. The van der Waals surface area contributed by atoms with Crippen LogP contribution in [0.5, 0.6) is 0 Å². The monoisotopic (exact) mass is 247 g/mol. The van der Waals surface area contributed by atoms with Crippen LogP contribution in [0, 0.1) is 5.82 Å².